The second kappa shape index (κ2) is 6.74. The first-order valence-electron chi connectivity index (χ1n) is 5.51. The van der Waals surface area contributed by atoms with Crippen LogP contribution in [-0.2, 0) is 11.2 Å². The fourth-order valence-corrected chi connectivity index (χ4v) is 2.26. The van der Waals surface area contributed by atoms with Crippen molar-refractivity contribution in [2.75, 3.05) is 5.33 Å². The Morgan fingerprint density at radius 2 is 2.31 bits per heavy atom. The topological polar surface area (TPSA) is 42.2 Å². The monoisotopic (exact) mass is 287 g/mol. The molecule has 0 saturated heterocycles. The second-order valence-electron chi connectivity index (χ2n) is 4.15. The Bertz CT molecular complexity index is 309. The van der Waals surface area contributed by atoms with Crippen molar-refractivity contribution in [1.82, 2.24) is 5.32 Å². The first kappa shape index (κ1) is 13.3. The average molecular weight is 288 g/mol. The van der Waals surface area contributed by atoms with Gasteiger partial charge >= 0.3 is 0 Å². The van der Waals surface area contributed by atoms with Crippen molar-refractivity contribution in [2.24, 2.45) is 5.92 Å². The van der Waals surface area contributed by atoms with Gasteiger partial charge in [-0.05, 0) is 18.1 Å². The van der Waals surface area contributed by atoms with E-state index in [0.717, 1.165) is 11.1 Å². The molecule has 1 amide bonds. The van der Waals surface area contributed by atoms with E-state index in [1.807, 2.05) is 12.1 Å². The molecule has 1 heterocycles. The zero-order valence-electron chi connectivity index (χ0n) is 9.70. The molecule has 1 atom stereocenters. The van der Waals surface area contributed by atoms with E-state index in [0.29, 0.717) is 18.8 Å². The molecule has 1 aromatic rings. The van der Waals surface area contributed by atoms with Crippen LogP contribution in [0.4, 0.5) is 0 Å². The first-order valence-corrected chi connectivity index (χ1v) is 6.63. The van der Waals surface area contributed by atoms with Crippen LogP contribution in [0.3, 0.4) is 0 Å². The Kier molecular flexibility index (Phi) is 5.60. The Morgan fingerprint density at radius 3 is 2.81 bits per heavy atom. The molecule has 1 rings (SSSR count). The molecule has 0 fully saturated rings. The molecule has 0 radical (unpaired) electrons. The fraction of sp³-hybridized carbons (Fsp3) is 0.583. The van der Waals surface area contributed by atoms with Crippen molar-refractivity contribution in [3.63, 3.8) is 0 Å². The zero-order chi connectivity index (χ0) is 12.0. The number of nitrogens with one attached hydrogen (secondary N) is 1. The van der Waals surface area contributed by atoms with E-state index in [4.69, 9.17) is 4.42 Å². The van der Waals surface area contributed by atoms with Crippen molar-refractivity contribution in [3.8, 4) is 0 Å². The van der Waals surface area contributed by atoms with Gasteiger partial charge in [-0.1, -0.05) is 29.8 Å². The van der Waals surface area contributed by atoms with Crippen LogP contribution in [-0.4, -0.2) is 17.3 Å². The number of furan rings is 1. The van der Waals surface area contributed by atoms with Crippen LogP contribution in [0.5, 0.6) is 0 Å². The van der Waals surface area contributed by atoms with Crippen LogP contribution in [0.15, 0.2) is 22.8 Å². The minimum atomic E-state index is 0.0783. The summed E-state index contributed by atoms with van der Waals surface area (Å²) in [6, 6.07) is 3.92. The molecule has 0 aliphatic rings. The molecule has 0 spiro atoms. The fourth-order valence-electron chi connectivity index (χ4n) is 1.35. The molecule has 1 N–H and O–H groups in total. The molecule has 16 heavy (non-hydrogen) atoms. The van der Waals surface area contributed by atoms with E-state index in [9.17, 15) is 4.79 Å². The van der Waals surface area contributed by atoms with Gasteiger partial charge in [-0.2, -0.15) is 0 Å². The highest BCUT2D eigenvalue weighted by molar-refractivity contribution is 9.09. The van der Waals surface area contributed by atoms with E-state index in [1.165, 1.54) is 0 Å². The molecule has 1 unspecified atom stereocenters. The van der Waals surface area contributed by atoms with Crippen LogP contribution in [0.2, 0.25) is 0 Å². The third-order valence-electron chi connectivity index (χ3n) is 2.50. The van der Waals surface area contributed by atoms with Gasteiger partial charge in [0.1, 0.15) is 5.76 Å². The lowest BCUT2D eigenvalue weighted by Gasteiger charge is -2.19. The number of carbonyl (C=O) groups is 1. The van der Waals surface area contributed by atoms with Gasteiger partial charge in [0.2, 0.25) is 5.91 Å². The molecule has 0 aromatic carbocycles. The maximum atomic E-state index is 11.6. The number of amides is 1. The maximum absolute atomic E-state index is 11.6. The number of hydrogen-bond donors (Lipinski definition) is 1. The molecule has 0 aliphatic heterocycles. The summed E-state index contributed by atoms with van der Waals surface area (Å²) >= 11 is 3.40. The summed E-state index contributed by atoms with van der Waals surface area (Å²) in [7, 11) is 0. The average Bonchev–Trinajstić information content (AvgIpc) is 2.75. The lowest BCUT2D eigenvalue weighted by atomic mass is 10.1. The number of aryl methyl sites for hydroxylation is 1. The third-order valence-corrected chi connectivity index (χ3v) is 3.19. The van der Waals surface area contributed by atoms with E-state index in [-0.39, 0.29) is 11.9 Å². The van der Waals surface area contributed by atoms with Crippen molar-refractivity contribution >= 4 is 21.8 Å². The standard InChI is InChI=1S/C12H18BrNO2/c1-9(2)11(8-13)14-12(15)6-5-10-4-3-7-16-10/h3-4,7,9,11H,5-6,8H2,1-2H3,(H,14,15). The number of alkyl halides is 1. The molecule has 4 heteroatoms. The lowest BCUT2D eigenvalue weighted by Crippen LogP contribution is -2.39. The van der Waals surface area contributed by atoms with Gasteiger partial charge in [0.15, 0.2) is 0 Å². The molecular weight excluding hydrogens is 270 g/mol. The number of halogens is 1. The maximum Gasteiger partial charge on any atom is 0.220 e. The summed E-state index contributed by atoms with van der Waals surface area (Å²) in [6.07, 6.45) is 2.76. The normalized spacial score (nSPS) is 12.8. The van der Waals surface area contributed by atoms with Gasteiger partial charge in [-0.25, -0.2) is 0 Å². The molecule has 0 aliphatic carbocycles. The van der Waals surface area contributed by atoms with Crippen molar-refractivity contribution in [2.45, 2.75) is 32.7 Å². The van der Waals surface area contributed by atoms with E-state index in [1.54, 1.807) is 6.26 Å². The SMILES string of the molecule is CC(C)C(CBr)NC(=O)CCc1ccco1. The van der Waals surface area contributed by atoms with Crippen molar-refractivity contribution < 1.29 is 9.21 Å². The summed E-state index contributed by atoms with van der Waals surface area (Å²) in [5.74, 6) is 1.37. The number of rotatable bonds is 6. The van der Waals surface area contributed by atoms with Crippen molar-refractivity contribution in [3.05, 3.63) is 24.2 Å². The molecule has 1 aromatic heterocycles. The highest BCUT2D eigenvalue weighted by Crippen LogP contribution is 2.07. The third kappa shape index (κ3) is 4.39. The Balaban J connectivity index is 2.30. The quantitative estimate of drug-likeness (QED) is 0.818. The molecule has 90 valence electrons. The van der Waals surface area contributed by atoms with Crippen LogP contribution in [0.25, 0.3) is 0 Å². The molecular formula is C12H18BrNO2. The van der Waals surface area contributed by atoms with Gasteiger partial charge in [-0.15, -0.1) is 0 Å². The minimum Gasteiger partial charge on any atom is -0.469 e. The van der Waals surface area contributed by atoms with Gasteiger partial charge in [0, 0.05) is 24.2 Å². The summed E-state index contributed by atoms with van der Waals surface area (Å²) in [6.45, 7) is 4.19. The van der Waals surface area contributed by atoms with E-state index in [2.05, 4.69) is 35.1 Å². The van der Waals surface area contributed by atoms with E-state index < -0.39 is 0 Å². The zero-order valence-corrected chi connectivity index (χ0v) is 11.3. The molecule has 3 nitrogen and oxygen atoms in total. The van der Waals surface area contributed by atoms with Crippen LogP contribution < -0.4 is 5.32 Å². The highest BCUT2D eigenvalue weighted by atomic mass is 79.9. The first-order chi connectivity index (χ1) is 7.63. The minimum absolute atomic E-state index is 0.0783. The van der Waals surface area contributed by atoms with Gasteiger partial charge in [0.25, 0.3) is 0 Å². The summed E-state index contributed by atoms with van der Waals surface area (Å²) < 4.78 is 5.17. The lowest BCUT2D eigenvalue weighted by molar-refractivity contribution is -0.121. The summed E-state index contributed by atoms with van der Waals surface area (Å²) in [4.78, 5) is 11.6. The van der Waals surface area contributed by atoms with Gasteiger partial charge < -0.3 is 9.73 Å². The van der Waals surface area contributed by atoms with Gasteiger partial charge in [-0.3, -0.25) is 4.79 Å². The smallest absolute Gasteiger partial charge is 0.220 e. The number of hydrogen-bond acceptors (Lipinski definition) is 2. The predicted molar refractivity (Wildman–Crippen MR) is 67.6 cm³/mol. The Hall–Kier alpha value is -0.770. The highest BCUT2D eigenvalue weighted by Gasteiger charge is 2.14. The summed E-state index contributed by atoms with van der Waals surface area (Å²) in [5.41, 5.74) is 0. The Morgan fingerprint density at radius 1 is 1.56 bits per heavy atom. The van der Waals surface area contributed by atoms with Gasteiger partial charge in [0.05, 0.1) is 6.26 Å². The number of carbonyl (C=O) groups excluding carboxylic acids is 1. The van der Waals surface area contributed by atoms with E-state index >= 15 is 0 Å². The van der Waals surface area contributed by atoms with Crippen LogP contribution >= 0.6 is 15.9 Å². The van der Waals surface area contributed by atoms with Crippen LogP contribution in [0.1, 0.15) is 26.0 Å². The van der Waals surface area contributed by atoms with Crippen LogP contribution in [0, 0.1) is 5.92 Å². The summed E-state index contributed by atoms with van der Waals surface area (Å²) in [5, 5.41) is 3.79. The molecule has 0 saturated carbocycles. The molecule has 0 bridgehead atoms. The predicted octanol–water partition coefficient (Wildman–Crippen LogP) is 2.75. The second-order valence-corrected chi connectivity index (χ2v) is 4.80. The largest absolute Gasteiger partial charge is 0.469 e. The van der Waals surface area contributed by atoms with Crippen molar-refractivity contribution in [1.29, 1.82) is 0 Å². The Labute approximate surface area is 105 Å².